The van der Waals surface area contributed by atoms with Crippen molar-refractivity contribution in [3.05, 3.63) is 0 Å². The third kappa shape index (κ3) is 296. The Morgan fingerprint density at radius 2 is 1.00 bits per heavy atom. The van der Waals surface area contributed by atoms with E-state index < -0.39 is 18.4 Å². The van der Waals surface area contributed by atoms with Crippen molar-refractivity contribution in [2.24, 2.45) is 0 Å². The highest BCUT2D eigenvalue weighted by molar-refractivity contribution is 5.53. The van der Waals surface area contributed by atoms with E-state index in [9.17, 15) is 0 Å². The Kier molecular flexibility index (Phi) is 34.7. The van der Waals surface area contributed by atoms with E-state index >= 15 is 0 Å². The zero-order valence-electron chi connectivity index (χ0n) is 10.5. The summed E-state index contributed by atoms with van der Waals surface area (Å²) >= 11 is 0. The molecule has 0 aromatic heterocycles. The first-order chi connectivity index (χ1) is 8.65. The summed E-state index contributed by atoms with van der Waals surface area (Å²) in [6.45, 7) is 1.78. The van der Waals surface area contributed by atoms with Gasteiger partial charge in [0.15, 0.2) is 0 Å². The number of carbonyl (C=O) groups is 2. The molecule has 0 aromatic rings. The van der Waals surface area contributed by atoms with Gasteiger partial charge in [0.2, 0.25) is 0 Å². The molecule has 0 aromatic carbocycles. The van der Waals surface area contributed by atoms with Crippen LogP contribution in [0.5, 0.6) is 0 Å². The van der Waals surface area contributed by atoms with Gasteiger partial charge in [0.25, 0.3) is 0 Å². The fourth-order valence-corrected chi connectivity index (χ4v) is 0.224. The Balaban J connectivity index is -0.0000000803. The van der Waals surface area contributed by atoms with Gasteiger partial charge in [-0.2, -0.15) is 0 Å². The van der Waals surface area contributed by atoms with E-state index in [1.807, 2.05) is 0 Å². The van der Waals surface area contributed by atoms with Crippen molar-refractivity contribution >= 4 is 12.3 Å². The van der Waals surface area contributed by atoms with Gasteiger partial charge in [-0.3, -0.25) is 0 Å². The lowest BCUT2D eigenvalue weighted by Gasteiger charge is -1.90. The van der Waals surface area contributed by atoms with E-state index in [4.69, 9.17) is 50.4 Å². The van der Waals surface area contributed by atoms with Crippen LogP contribution in [-0.2, 0) is 0 Å². The SMILES string of the molecule is CC(O)CO.O=C(O)O.O=C(O)O.OCCCCO. The summed E-state index contributed by atoms with van der Waals surface area (Å²) in [6, 6.07) is 0. The van der Waals surface area contributed by atoms with E-state index in [1.165, 1.54) is 6.92 Å². The Morgan fingerprint density at radius 1 is 0.842 bits per heavy atom. The molecule has 0 amide bonds. The molecule has 1 unspecified atom stereocenters. The molecular formula is C9H22O10. The number of aliphatic hydroxyl groups excluding tert-OH is 4. The highest BCUT2D eigenvalue weighted by Gasteiger charge is 1.83. The van der Waals surface area contributed by atoms with Crippen LogP contribution in [0.2, 0.25) is 0 Å². The van der Waals surface area contributed by atoms with Crippen molar-refractivity contribution in [3.63, 3.8) is 0 Å². The van der Waals surface area contributed by atoms with Gasteiger partial charge in [-0.25, -0.2) is 9.59 Å². The standard InChI is InChI=1S/C4H10O2.C3H8O2.2CH2O3/c5-3-1-2-4-6;1-3(5)2-4;2*2-1(3)4/h5-6H,1-4H2;3-5H,2H2,1H3;2*(H2,2,3,4). The van der Waals surface area contributed by atoms with E-state index in [1.54, 1.807) is 0 Å². The Labute approximate surface area is 109 Å². The molecule has 0 heterocycles. The number of hydrogen-bond donors (Lipinski definition) is 8. The number of carboxylic acid groups (broad SMARTS) is 4. The van der Waals surface area contributed by atoms with Gasteiger partial charge in [-0.1, -0.05) is 0 Å². The molecule has 8 N–H and O–H groups in total. The van der Waals surface area contributed by atoms with Gasteiger partial charge in [0.05, 0.1) is 12.7 Å². The largest absolute Gasteiger partial charge is 0.503 e. The Bertz CT molecular complexity index is 158. The van der Waals surface area contributed by atoms with Crippen LogP contribution in [0.15, 0.2) is 0 Å². The van der Waals surface area contributed by atoms with Gasteiger partial charge in [0, 0.05) is 13.2 Å². The average molecular weight is 290 g/mol. The molecule has 0 rings (SSSR count). The van der Waals surface area contributed by atoms with Crippen molar-refractivity contribution in [2.45, 2.75) is 25.9 Å². The van der Waals surface area contributed by atoms with Crippen LogP contribution in [0.4, 0.5) is 9.59 Å². The number of hydrogen-bond acceptors (Lipinski definition) is 6. The van der Waals surface area contributed by atoms with Crippen LogP contribution in [0, 0.1) is 0 Å². The van der Waals surface area contributed by atoms with Crippen molar-refractivity contribution in [3.8, 4) is 0 Å². The van der Waals surface area contributed by atoms with Crippen LogP contribution < -0.4 is 0 Å². The van der Waals surface area contributed by atoms with E-state index in [0.29, 0.717) is 0 Å². The predicted molar refractivity (Wildman–Crippen MR) is 63.5 cm³/mol. The number of aliphatic hydroxyl groups is 4. The molecule has 19 heavy (non-hydrogen) atoms. The monoisotopic (exact) mass is 290 g/mol. The fourth-order valence-electron chi connectivity index (χ4n) is 0.224. The Hall–Kier alpha value is -1.62. The second-order valence-corrected chi connectivity index (χ2v) is 2.75. The summed E-state index contributed by atoms with van der Waals surface area (Å²) in [6.07, 6.45) is -2.79. The maximum Gasteiger partial charge on any atom is 0.503 e. The number of rotatable bonds is 4. The molecule has 0 spiro atoms. The van der Waals surface area contributed by atoms with Gasteiger partial charge in [-0.15, -0.1) is 0 Å². The molecule has 118 valence electrons. The van der Waals surface area contributed by atoms with Crippen molar-refractivity contribution < 1.29 is 50.4 Å². The first-order valence-corrected chi connectivity index (χ1v) is 5.00. The molecule has 0 saturated heterocycles. The summed E-state index contributed by atoms with van der Waals surface area (Å²) < 4.78 is 0. The minimum Gasteiger partial charge on any atom is -0.450 e. The van der Waals surface area contributed by atoms with Crippen molar-refractivity contribution in [1.82, 2.24) is 0 Å². The topological polar surface area (TPSA) is 196 Å². The molecule has 1 atom stereocenters. The molecule has 0 saturated carbocycles. The average Bonchev–Trinajstić information content (AvgIpc) is 2.25. The van der Waals surface area contributed by atoms with Crippen LogP contribution in [0.25, 0.3) is 0 Å². The van der Waals surface area contributed by atoms with Crippen LogP contribution in [0.1, 0.15) is 19.8 Å². The third-order valence-corrected chi connectivity index (χ3v) is 0.830. The minimum atomic E-state index is -1.83. The second-order valence-electron chi connectivity index (χ2n) is 2.75. The molecule has 0 aliphatic rings. The molecule has 10 nitrogen and oxygen atoms in total. The maximum absolute atomic E-state index is 8.56. The summed E-state index contributed by atoms with van der Waals surface area (Å²) in [4.78, 5) is 17.1. The predicted octanol–water partition coefficient (Wildman–Crippen LogP) is -0.444. The van der Waals surface area contributed by atoms with E-state index in [2.05, 4.69) is 0 Å². The number of unbranched alkanes of at least 4 members (excludes halogenated alkanes) is 1. The van der Waals surface area contributed by atoms with Crippen molar-refractivity contribution in [1.29, 1.82) is 0 Å². The Morgan fingerprint density at radius 3 is 1.05 bits per heavy atom. The third-order valence-electron chi connectivity index (χ3n) is 0.830. The summed E-state index contributed by atoms with van der Waals surface area (Å²) in [5, 5.41) is 60.1. The van der Waals surface area contributed by atoms with Crippen molar-refractivity contribution in [2.75, 3.05) is 19.8 Å². The highest BCUT2D eigenvalue weighted by Crippen LogP contribution is 1.80. The van der Waals surface area contributed by atoms with Gasteiger partial charge in [0.1, 0.15) is 0 Å². The lowest BCUT2D eigenvalue weighted by Crippen LogP contribution is -2.03. The lowest BCUT2D eigenvalue weighted by molar-refractivity contribution is 0.110. The lowest BCUT2D eigenvalue weighted by atomic mass is 10.3. The maximum atomic E-state index is 8.56. The van der Waals surface area contributed by atoms with Crippen LogP contribution in [0.3, 0.4) is 0 Å². The molecule has 0 aliphatic heterocycles. The van der Waals surface area contributed by atoms with Gasteiger partial charge >= 0.3 is 12.3 Å². The minimum absolute atomic E-state index is 0.139. The summed E-state index contributed by atoms with van der Waals surface area (Å²) in [5.41, 5.74) is 0. The normalized spacial score (nSPS) is 9.32. The van der Waals surface area contributed by atoms with E-state index in [0.717, 1.165) is 12.8 Å². The van der Waals surface area contributed by atoms with Gasteiger partial charge in [-0.05, 0) is 19.8 Å². The summed E-state index contributed by atoms with van der Waals surface area (Å²) in [5.74, 6) is 0. The zero-order chi connectivity index (χ0) is 16.3. The molecule has 0 radical (unpaired) electrons. The van der Waals surface area contributed by atoms with Gasteiger partial charge < -0.3 is 40.9 Å². The molecule has 0 bridgehead atoms. The molecule has 10 heteroatoms. The molecule has 0 aliphatic carbocycles. The summed E-state index contributed by atoms with van der Waals surface area (Å²) in [7, 11) is 0. The first-order valence-electron chi connectivity index (χ1n) is 5.00. The zero-order valence-corrected chi connectivity index (χ0v) is 10.5. The quantitative estimate of drug-likeness (QED) is 0.314. The highest BCUT2D eigenvalue weighted by atomic mass is 16.6. The van der Waals surface area contributed by atoms with Crippen LogP contribution in [-0.4, -0.2) is 79.1 Å². The fraction of sp³-hybridized carbons (Fsp3) is 0.778. The second kappa shape index (κ2) is 25.3. The van der Waals surface area contributed by atoms with E-state index in [-0.39, 0.29) is 19.8 Å². The first kappa shape index (κ1) is 26.0. The molecule has 0 fully saturated rings. The molecular weight excluding hydrogens is 268 g/mol. The van der Waals surface area contributed by atoms with Crippen LogP contribution >= 0.6 is 0 Å². The smallest absolute Gasteiger partial charge is 0.450 e.